The van der Waals surface area contributed by atoms with Crippen LogP contribution in [0.4, 0.5) is 0 Å². The van der Waals surface area contributed by atoms with Crippen molar-refractivity contribution >= 4 is 17.3 Å². The van der Waals surface area contributed by atoms with Crippen molar-refractivity contribution in [2.75, 3.05) is 13.2 Å². The lowest BCUT2D eigenvalue weighted by Crippen LogP contribution is -2.35. The number of hydrogen-bond donors (Lipinski definition) is 1. The molecule has 0 radical (unpaired) electrons. The van der Waals surface area contributed by atoms with E-state index >= 15 is 0 Å². The molecular formula is C13H21NO2S. The van der Waals surface area contributed by atoms with Gasteiger partial charge in [0.2, 0.25) is 0 Å². The van der Waals surface area contributed by atoms with Gasteiger partial charge in [-0.2, -0.15) is 11.3 Å². The van der Waals surface area contributed by atoms with Gasteiger partial charge in [-0.15, -0.1) is 0 Å². The maximum Gasteiger partial charge on any atom is 0.309 e. The van der Waals surface area contributed by atoms with Crippen LogP contribution in [0.3, 0.4) is 0 Å². The minimum Gasteiger partial charge on any atom is -0.466 e. The molecule has 1 heterocycles. The average molecular weight is 255 g/mol. The highest BCUT2D eigenvalue weighted by atomic mass is 32.1. The smallest absolute Gasteiger partial charge is 0.309 e. The highest BCUT2D eigenvalue weighted by Crippen LogP contribution is 2.08. The Hall–Kier alpha value is -0.870. The molecule has 0 spiro atoms. The molecule has 1 aromatic rings. The number of nitrogens with one attached hydrogen (secondary N) is 1. The first kappa shape index (κ1) is 14.2. The highest BCUT2D eigenvalue weighted by Gasteiger charge is 2.14. The lowest BCUT2D eigenvalue weighted by molar-refractivity contribution is -0.147. The summed E-state index contributed by atoms with van der Waals surface area (Å²) in [6, 6.07) is 2.51. The van der Waals surface area contributed by atoms with Crippen LogP contribution in [0.5, 0.6) is 0 Å². The summed E-state index contributed by atoms with van der Waals surface area (Å²) in [6.45, 7) is 6.98. The topological polar surface area (TPSA) is 38.3 Å². The largest absolute Gasteiger partial charge is 0.466 e. The van der Waals surface area contributed by atoms with Gasteiger partial charge < -0.3 is 10.1 Å². The molecule has 2 unspecified atom stereocenters. The van der Waals surface area contributed by atoms with Gasteiger partial charge in [0, 0.05) is 12.6 Å². The van der Waals surface area contributed by atoms with Crippen LogP contribution in [-0.4, -0.2) is 25.2 Å². The summed E-state index contributed by atoms with van der Waals surface area (Å²) in [5, 5.41) is 7.61. The maximum atomic E-state index is 11.4. The Balaban J connectivity index is 2.23. The molecule has 0 aliphatic rings. The van der Waals surface area contributed by atoms with Crippen LogP contribution in [0, 0.1) is 5.92 Å². The zero-order chi connectivity index (χ0) is 12.7. The van der Waals surface area contributed by atoms with Crippen LogP contribution >= 0.6 is 11.3 Å². The predicted molar refractivity (Wildman–Crippen MR) is 71.3 cm³/mol. The van der Waals surface area contributed by atoms with E-state index in [4.69, 9.17) is 4.74 Å². The fraction of sp³-hybridized carbons (Fsp3) is 0.615. The minimum atomic E-state index is -0.122. The second-order valence-electron chi connectivity index (χ2n) is 4.30. The number of ether oxygens (including phenoxy) is 1. The molecule has 4 heteroatoms. The van der Waals surface area contributed by atoms with Crippen molar-refractivity contribution in [3.63, 3.8) is 0 Å². The highest BCUT2D eigenvalue weighted by molar-refractivity contribution is 7.07. The Morgan fingerprint density at radius 1 is 1.53 bits per heavy atom. The summed E-state index contributed by atoms with van der Waals surface area (Å²) in [7, 11) is 0. The lowest BCUT2D eigenvalue weighted by atomic mass is 10.1. The lowest BCUT2D eigenvalue weighted by Gasteiger charge is -2.16. The van der Waals surface area contributed by atoms with Crippen LogP contribution in [0.15, 0.2) is 16.8 Å². The van der Waals surface area contributed by atoms with E-state index in [1.54, 1.807) is 11.3 Å². The summed E-state index contributed by atoms with van der Waals surface area (Å²) in [4.78, 5) is 11.4. The number of carbonyl (C=O) groups excluding carboxylic acids is 1. The van der Waals surface area contributed by atoms with E-state index in [1.165, 1.54) is 5.56 Å². The van der Waals surface area contributed by atoms with Gasteiger partial charge in [0.15, 0.2) is 0 Å². The van der Waals surface area contributed by atoms with E-state index in [0.29, 0.717) is 19.2 Å². The second-order valence-corrected chi connectivity index (χ2v) is 5.08. The van der Waals surface area contributed by atoms with E-state index in [9.17, 15) is 4.79 Å². The van der Waals surface area contributed by atoms with E-state index in [-0.39, 0.29) is 11.9 Å². The fourth-order valence-corrected chi connectivity index (χ4v) is 2.26. The Bertz CT molecular complexity index is 324. The number of rotatable bonds is 7. The average Bonchev–Trinajstić information content (AvgIpc) is 2.79. The molecule has 0 saturated carbocycles. The third-order valence-corrected chi connectivity index (χ3v) is 3.32. The molecule has 0 saturated heterocycles. The summed E-state index contributed by atoms with van der Waals surface area (Å²) < 4.78 is 4.96. The van der Waals surface area contributed by atoms with Gasteiger partial charge in [-0.1, -0.05) is 6.92 Å². The summed E-state index contributed by atoms with van der Waals surface area (Å²) >= 11 is 1.72. The van der Waals surface area contributed by atoms with E-state index in [1.807, 2.05) is 13.8 Å². The zero-order valence-corrected chi connectivity index (χ0v) is 11.5. The third-order valence-electron chi connectivity index (χ3n) is 2.58. The molecule has 0 aliphatic carbocycles. The Labute approximate surface area is 107 Å². The molecule has 0 fully saturated rings. The van der Waals surface area contributed by atoms with Crippen molar-refractivity contribution < 1.29 is 9.53 Å². The van der Waals surface area contributed by atoms with E-state index < -0.39 is 0 Å². The molecule has 0 aliphatic heterocycles. The zero-order valence-electron chi connectivity index (χ0n) is 10.7. The predicted octanol–water partition coefficient (Wildman–Crippen LogP) is 2.47. The van der Waals surface area contributed by atoms with Crippen molar-refractivity contribution in [2.45, 2.75) is 33.2 Å². The first-order chi connectivity index (χ1) is 8.13. The van der Waals surface area contributed by atoms with Gasteiger partial charge in [-0.25, -0.2) is 0 Å². The quantitative estimate of drug-likeness (QED) is 0.761. The Morgan fingerprint density at radius 2 is 2.29 bits per heavy atom. The van der Waals surface area contributed by atoms with Crippen LogP contribution in [-0.2, 0) is 16.0 Å². The summed E-state index contributed by atoms with van der Waals surface area (Å²) in [5.41, 5.74) is 1.35. The van der Waals surface area contributed by atoms with Crippen molar-refractivity contribution in [1.29, 1.82) is 0 Å². The van der Waals surface area contributed by atoms with Crippen molar-refractivity contribution in [3.05, 3.63) is 22.4 Å². The molecular weight excluding hydrogens is 234 g/mol. The standard InChI is InChI=1S/C13H21NO2S/c1-4-16-13(15)10(2)8-14-11(3)7-12-5-6-17-9-12/h5-6,9-11,14H,4,7-8H2,1-3H3. The molecule has 1 rings (SSSR count). The second kappa shape index (κ2) is 7.45. The summed E-state index contributed by atoms with van der Waals surface area (Å²) in [5.74, 6) is -0.206. The number of hydrogen-bond acceptors (Lipinski definition) is 4. The van der Waals surface area contributed by atoms with Crippen LogP contribution in [0.2, 0.25) is 0 Å². The Kier molecular flexibility index (Phi) is 6.22. The molecule has 2 atom stereocenters. The molecule has 96 valence electrons. The first-order valence-electron chi connectivity index (χ1n) is 6.04. The van der Waals surface area contributed by atoms with Gasteiger partial charge in [0.25, 0.3) is 0 Å². The molecule has 1 N–H and O–H groups in total. The molecule has 3 nitrogen and oxygen atoms in total. The number of esters is 1. The maximum absolute atomic E-state index is 11.4. The van der Waals surface area contributed by atoms with Gasteiger partial charge in [0.05, 0.1) is 12.5 Å². The van der Waals surface area contributed by atoms with E-state index in [0.717, 1.165) is 6.42 Å². The third kappa shape index (κ3) is 5.33. The van der Waals surface area contributed by atoms with Crippen LogP contribution in [0.1, 0.15) is 26.3 Å². The molecule has 0 bridgehead atoms. The normalized spacial score (nSPS) is 14.3. The summed E-state index contributed by atoms with van der Waals surface area (Å²) in [6.07, 6.45) is 0.999. The number of carbonyl (C=O) groups is 1. The number of thiophene rings is 1. The van der Waals surface area contributed by atoms with Crippen LogP contribution in [0.25, 0.3) is 0 Å². The molecule has 17 heavy (non-hydrogen) atoms. The first-order valence-corrected chi connectivity index (χ1v) is 6.98. The van der Waals surface area contributed by atoms with Gasteiger partial charge in [-0.3, -0.25) is 4.79 Å². The fourth-order valence-electron chi connectivity index (χ4n) is 1.58. The van der Waals surface area contributed by atoms with Crippen LogP contribution < -0.4 is 5.32 Å². The van der Waals surface area contributed by atoms with Gasteiger partial charge in [-0.05, 0) is 42.7 Å². The van der Waals surface area contributed by atoms with Crippen molar-refractivity contribution in [2.24, 2.45) is 5.92 Å². The molecule has 1 aromatic heterocycles. The van der Waals surface area contributed by atoms with Crippen molar-refractivity contribution in [1.82, 2.24) is 5.32 Å². The van der Waals surface area contributed by atoms with Gasteiger partial charge >= 0.3 is 5.97 Å². The molecule has 0 amide bonds. The van der Waals surface area contributed by atoms with Crippen molar-refractivity contribution in [3.8, 4) is 0 Å². The monoisotopic (exact) mass is 255 g/mol. The Morgan fingerprint density at radius 3 is 2.88 bits per heavy atom. The van der Waals surface area contributed by atoms with E-state index in [2.05, 4.69) is 29.1 Å². The van der Waals surface area contributed by atoms with Gasteiger partial charge in [0.1, 0.15) is 0 Å². The SMILES string of the molecule is CCOC(=O)C(C)CNC(C)Cc1ccsc1. The minimum absolute atomic E-state index is 0.0834. The molecule has 0 aromatic carbocycles.